The van der Waals surface area contributed by atoms with Gasteiger partial charge in [-0.1, -0.05) is 38.2 Å². The van der Waals surface area contributed by atoms with Crippen LogP contribution in [0, 0.1) is 5.92 Å². The molecule has 5 rings (SSSR count). The molecule has 1 aliphatic carbocycles. The highest BCUT2D eigenvalue weighted by Crippen LogP contribution is 2.36. The number of aliphatic carboxylic acids is 1. The van der Waals surface area contributed by atoms with Gasteiger partial charge in [-0.3, -0.25) is 4.79 Å². The van der Waals surface area contributed by atoms with Crippen molar-refractivity contribution < 1.29 is 24.2 Å². The third kappa shape index (κ3) is 4.48. The van der Waals surface area contributed by atoms with E-state index in [1.807, 2.05) is 0 Å². The molecule has 0 radical (unpaired) electrons. The van der Waals surface area contributed by atoms with Gasteiger partial charge >= 0.3 is 5.97 Å². The first-order valence-corrected chi connectivity index (χ1v) is 12.0. The SMILES string of the molecule is O=C(O)/C(=C(\CC1CCCCC1)C(=O)c1ccc2c(c1)OCCO2)c1ccc2nsnc2c1. The fourth-order valence-corrected chi connectivity index (χ4v) is 5.23. The van der Waals surface area contributed by atoms with E-state index in [1.165, 1.54) is 6.42 Å². The number of benzene rings is 2. The van der Waals surface area contributed by atoms with Crippen LogP contribution in [0.15, 0.2) is 42.0 Å². The summed E-state index contributed by atoms with van der Waals surface area (Å²) in [5.41, 5.74) is 2.57. The first kappa shape index (κ1) is 21.6. The molecule has 0 spiro atoms. The molecule has 0 unspecified atom stereocenters. The zero-order valence-electron chi connectivity index (χ0n) is 18.1. The molecular weight excluding hydrogens is 440 g/mol. The number of ether oxygens (including phenoxy) is 2. The number of ketones is 1. The van der Waals surface area contributed by atoms with Crippen molar-refractivity contribution in [3.05, 3.63) is 53.1 Å². The Morgan fingerprint density at radius 3 is 2.42 bits per heavy atom. The number of carboxylic acid groups (broad SMARTS) is 1. The summed E-state index contributed by atoms with van der Waals surface area (Å²) in [7, 11) is 0. The van der Waals surface area contributed by atoms with Crippen LogP contribution in [0.2, 0.25) is 0 Å². The van der Waals surface area contributed by atoms with Crippen molar-refractivity contribution in [3.63, 3.8) is 0 Å². The molecule has 0 bridgehead atoms. The first-order chi connectivity index (χ1) is 16.1. The van der Waals surface area contributed by atoms with Crippen LogP contribution in [0.25, 0.3) is 16.6 Å². The molecule has 1 fully saturated rings. The lowest BCUT2D eigenvalue weighted by Gasteiger charge is -2.24. The van der Waals surface area contributed by atoms with Gasteiger partial charge in [-0.15, -0.1) is 0 Å². The van der Waals surface area contributed by atoms with E-state index in [-0.39, 0.29) is 17.3 Å². The average molecular weight is 465 g/mol. The number of aromatic nitrogens is 2. The van der Waals surface area contributed by atoms with Crippen molar-refractivity contribution in [1.82, 2.24) is 8.75 Å². The standard InChI is InChI=1S/C25H24N2O5S/c28-24(17-7-9-21-22(14-17)32-11-10-31-21)18(12-15-4-2-1-3-5-15)23(25(29)30)16-6-8-19-20(13-16)27-33-26-19/h6-9,13-15H,1-5,10-12H2,(H,29,30)/b23-18+. The summed E-state index contributed by atoms with van der Waals surface area (Å²) in [5, 5.41) is 10.2. The molecule has 2 aliphatic rings. The van der Waals surface area contributed by atoms with Crippen molar-refractivity contribution in [2.45, 2.75) is 38.5 Å². The van der Waals surface area contributed by atoms with E-state index in [9.17, 15) is 14.7 Å². The summed E-state index contributed by atoms with van der Waals surface area (Å²) < 4.78 is 19.7. The molecule has 0 saturated heterocycles. The second kappa shape index (κ2) is 9.31. The highest BCUT2D eigenvalue weighted by molar-refractivity contribution is 7.00. The Morgan fingerprint density at radius 2 is 1.64 bits per heavy atom. The predicted octanol–water partition coefficient (Wildman–Crippen LogP) is 5.15. The maximum absolute atomic E-state index is 13.8. The number of nitrogens with zero attached hydrogens (tertiary/aromatic N) is 2. The van der Waals surface area contributed by atoms with Gasteiger partial charge in [-0.2, -0.15) is 8.75 Å². The van der Waals surface area contributed by atoms with Crippen LogP contribution in [0.1, 0.15) is 54.4 Å². The molecule has 7 nitrogen and oxygen atoms in total. The Hall–Kier alpha value is -3.26. The van der Waals surface area contributed by atoms with E-state index in [0.29, 0.717) is 58.9 Å². The number of Topliss-reactive ketones (excluding diaryl/α,β-unsaturated/α-hetero) is 1. The number of rotatable bonds is 6. The van der Waals surface area contributed by atoms with Crippen LogP contribution in [0.4, 0.5) is 0 Å². The first-order valence-electron chi connectivity index (χ1n) is 11.2. The highest BCUT2D eigenvalue weighted by Gasteiger charge is 2.28. The molecule has 1 N–H and O–H groups in total. The van der Waals surface area contributed by atoms with Gasteiger partial charge in [0.1, 0.15) is 24.2 Å². The van der Waals surface area contributed by atoms with E-state index >= 15 is 0 Å². The van der Waals surface area contributed by atoms with Crippen molar-refractivity contribution >= 4 is 40.1 Å². The van der Waals surface area contributed by atoms with E-state index in [0.717, 1.165) is 37.4 Å². The number of hydrogen-bond donors (Lipinski definition) is 1. The molecule has 0 amide bonds. The fraction of sp³-hybridized carbons (Fsp3) is 0.360. The summed E-state index contributed by atoms with van der Waals surface area (Å²) in [6.07, 6.45) is 5.83. The molecule has 1 aromatic heterocycles. The van der Waals surface area contributed by atoms with E-state index in [4.69, 9.17) is 9.47 Å². The molecule has 3 aromatic rings. The molecule has 8 heteroatoms. The number of carbonyl (C=O) groups excluding carboxylic acids is 1. The quantitative estimate of drug-likeness (QED) is 0.398. The summed E-state index contributed by atoms with van der Waals surface area (Å²) in [5.74, 6) is -0.0128. The fourth-order valence-electron chi connectivity index (χ4n) is 4.71. The molecule has 1 aliphatic heterocycles. The number of carbonyl (C=O) groups is 2. The zero-order valence-corrected chi connectivity index (χ0v) is 18.9. The maximum atomic E-state index is 13.8. The maximum Gasteiger partial charge on any atom is 0.336 e. The Bertz CT molecular complexity index is 1240. The monoisotopic (exact) mass is 464 g/mol. The second-order valence-electron chi connectivity index (χ2n) is 8.52. The largest absolute Gasteiger partial charge is 0.486 e. The minimum absolute atomic E-state index is 0.0374. The zero-order chi connectivity index (χ0) is 22.8. The van der Waals surface area contributed by atoms with Crippen LogP contribution in [-0.4, -0.2) is 38.8 Å². The average Bonchev–Trinajstić information content (AvgIpc) is 3.31. The van der Waals surface area contributed by atoms with Gasteiger partial charge in [0.05, 0.1) is 17.3 Å². The van der Waals surface area contributed by atoms with Crippen molar-refractivity contribution in [2.24, 2.45) is 5.92 Å². The molecule has 0 atom stereocenters. The lowest BCUT2D eigenvalue weighted by atomic mass is 9.80. The van der Waals surface area contributed by atoms with Gasteiger partial charge in [-0.05, 0) is 48.2 Å². The highest BCUT2D eigenvalue weighted by atomic mass is 32.1. The molecule has 33 heavy (non-hydrogen) atoms. The normalized spacial score (nSPS) is 17.0. The van der Waals surface area contributed by atoms with Gasteiger partial charge < -0.3 is 14.6 Å². The number of allylic oxidation sites excluding steroid dienone is 1. The Balaban J connectivity index is 1.61. The third-order valence-electron chi connectivity index (χ3n) is 6.35. The van der Waals surface area contributed by atoms with Crippen LogP contribution in [-0.2, 0) is 4.79 Å². The summed E-state index contributed by atoms with van der Waals surface area (Å²) in [6.45, 7) is 0.877. The van der Waals surface area contributed by atoms with Crippen LogP contribution < -0.4 is 9.47 Å². The predicted molar refractivity (Wildman–Crippen MR) is 125 cm³/mol. The Kier molecular flexibility index (Phi) is 6.09. The minimum atomic E-state index is -1.12. The number of carboxylic acids is 1. The van der Waals surface area contributed by atoms with E-state index in [1.54, 1.807) is 36.4 Å². The molecule has 2 heterocycles. The second-order valence-corrected chi connectivity index (χ2v) is 9.05. The Labute approximate surface area is 195 Å². The van der Waals surface area contributed by atoms with Crippen LogP contribution >= 0.6 is 11.7 Å². The van der Waals surface area contributed by atoms with Gasteiger partial charge in [0.15, 0.2) is 17.3 Å². The van der Waals surface area contributed by atoms with Crippen molar-refractivity contribution in [3.8, 4) is 11.5 Å². The molecular formula is C25H24N2O5S. The number of hydrogen-bond acceptors (Lipinski definition) is 7. The minimum Gasteiger partial charge on any atom is -0.486 e. The van der Waals surface area contributed by atoms with Crippen molar-refractivity contribution in [2.75, 3.05) is 13.2 Å². The van der Waals surface area contributed by atoms with Crippen LogP contribution in [0.5, 0.6) is 11.5 Å². The van der Waals surface area contributed by atoms with Crippen molar-refractivity contribution in [1.29, 1.82) is 0 Å². The van der Waals surface area contributed by atoms with E-state index in [2.05, 4.69) is 8.75 Å². The molecule has 1 saturated carbocycles. The van der Waals surface area contributed by atoms with E-state index < -0.39 is 5.97 Å². The topological polar surface area (TPSA) is 98.6 Å². The Morgan fingerprint density at radius 1 is 0.909 bits per heavy atom. The lowest BCUT2D eigenvalue weighted by molar-refractivity contribution is -0.130. The number of fused-ring (bicyclic) bond motifs is 2. The van der Waals surface area contributed by atoms with Gasteiger partial charge in [0.2, 0.25) is 0 Å². The molecule has 170 valence electrons. The van der Waals surface area contributed by atoms with Gasteiger partial charge in [0, 0.05) is 11.1 Å². The summed E-state index contributed by atoms with van der Waals surface area (Å²) >= 11 is 1.08. The molecule has 2 aromatic carbocycles. The summed E-state index contributed by atoms with van der Waals surface area (Å²) in [4.78, 5) is 26.3. The van der Waals surface area contributed by atoms with Crippen LogP contribution in [0.3, 0.4) is 0 Å². The van der Waals surface area contributed by atoms with Gasteiger partial charge in [0.25, 0.3) is 0 Å². The third-order valence-corrected chi connectivity index (χ3v) is 6.91. The lowest BCUT2D eigenvalue weighted by Crippen LogP contribution is -2.18. The smallest absolute Gasteiger partial charge is 0.336 e. The van der Waals surface area contributed by atoms with Gasteiger partial charge in [-0.25, -0.2) is 4.79 Å². The summed E-state index contributed by atoms with van der Waals surface area (Å²) in [6, 6.07) is 10.2.